The zero-order chi connectivity index (χ0) is 17.2. The topological polar surface area (TPSA) is 67.6 Å². The average Bonchev–Trinajstić information content (AvgIpc) is 3.06. The highest BCUT2D eigenvalue weighted by molar-refractivity contribution is 9.10. The lowest BCUT2D eigenvalue weighted by Crippen LogP contribution is -2.36. The number of nitrogens with zero attached hydrogens (tertiary/aromatic N) is 2. The second-order valence-electron chi connectivity index (χ2n) is 5.75. The van der Waals surface area contributed by atoms with Crippen LogP contribution in [-0.2, 0) is 4.74 Å². The van der Waals surface area contributed by atoms with Crippen molar-refractivity contribution >= 4 is 44.3 Å². The van der Waals surface area contributed by atoms with Gasteiger partial charge >= 0.3 is 0 Å². The summed E-state index contributed by atoms with van der Waals surface area (Å²) in [4.78, 5) is 18.9. The summed E-state index contributed by atoms with van der Waals surface area (Å²) < 4.78 is 11.9. The number of benzene rings is 1. The van der Waals surface area contributed by atoms with Gasteiger partial charge in [-0.05, 0) is 36.4 Å². The van der Waals surface area contributed by atoms with Crippen molar-refractivity contribution in [2.75, 3.05) is 36.5 Å². The van der Waals surface area contributed by atoms with Gasteiger partial charge in [-0.3, -0.25) is 4.79 Å². The zero-order valence-electron chi connectivity index (χ0n) is 13.4. The number of furan rings is 1. The summed E-state index contributed by atoms with van der Waals surface area (Å²) in [6.45, 7) is 3.14. The van der Waals surface area contributed by atoms with Gasteiger partial charge in [-0.25, -0.2) is 4.98 Å². The van der Waals surface area contributed by atoms with E-state index in [1.807, 2.05) is 24.3 Å². The van der Waals surface area contributed by atoms with Crippen LogP contribution in [0.25, 0.3) is 11.0 Å². The molecule has 1 amide bonds. The summed E-state index contributed by atoms with van der Waals surface area (Å²) in [6.07, 6.45) is 1.76. The van der Waals surface area contributed by atoms with Crippen molar-refractivity contribution < 1.29 is 13.9 Å². The van der Waals surface area contributed by atoms with Crippen LogP contribution in [0.4, 0.5) is 11.5 Å². The maximum atomic E-state index is 12.4. The van der Waals surface area contributed by atoms with Gasteiger partial charge in [-0.1, -0.05) is 15.9 Å². The minimum absolute atomic E-state index is 0.257. The van der Waals surface area contributed by atoms with Crippen molar-refractivity contribution in [1.82, 2.24) is 4.98 Å². The van der Waals surface area contributed by atoms with E-state index in [1.165, 1.54) is 0 Å². The number of carbonyl (C=O) groups excluding carboxylic acids is 1. The summed E-state index contributed by atoms with van der Waals surface area (Å²) in [5.74, 6) is 0.426. The quantitative estimate of drug-likeness (QED) is 0.724. The molecule has 0 aliphatic carbocycles. The van der Waals surface area contributed by atoms with Crippen LogP contribution in [0.1, 0.15) is 10.6 Å². The summed E-state index contributed by atoms with van der Waals surface area (Å²) in [6, 6.07) is 11.1. The highest BCUT2D eigenvalue weighted by atomic mass is 79.9. The predicted octanol–water partition coefficient (Wildman–Crippen LogP) is 3.68. The maximum Gasteiger partial charge on any atom is 0.292 e. The maximum absolute atomic E-state index is 12.4. The van der Waals surface area contributed by atoms with E-state index in [0.717, 1.165) is 41.8 Å². The van der Waals surface area contributed by atoms with Gasteiger partial charge in [0, 0.05) is 22.9 Å². The summed E-state index contributed by atoms with van der Waals surface area (Å²) in [5, 5.41) is 3.64. The summed E-state index contributed by atoms with van der Waals surface area (Å²) in [5.41, 5.74) is 1.69. The first-order valence-corrected chi connectivity index (χ1v) is 8.77. The number of morpholine rings is 1. The minimum atomic E-state index is -0.320. The molecule has 1 aliphatic rings. The number of aromatic nitrogens is 1. The lowest BCUT2D eigenvalue weighted by atomic mass is 10.2. The Bertz CT molecular complexity index is 902. The van der Waals surface area contributed by atoms with Crippen molar-refractivity contribution in [2.45, 2.75) is 0 Å². The van der Waals surface area contributed by atoms with Crippen molar-refractivity contribution in [2.24, 2.45) is 0 Å². The Hall–Kier alpha value is -2.38. The molecule has 2 aromatic heterocycles. The number of ether oxygens (including phenoxy) is 1. The number of hydrogen-bond acceptors (Lipinski definition) is 5. The number of amides is 1. The van der Waals surface area contributed by atoms with E-state index in [-0.39, 0.29) is 11.7 Å². The van der Waals surface area contributed by atoms with Crippen LogP contribution in [0.2, 0.25) is 0 Å². The Morgan fingerprint density at radius 2 is 2.00 bits per heavy atom. The summed E-state index contributed by atoms with van der Waals surface area (Å²) >= 11 is 3.41. The molecule has 0 radical (unpaired) electrons. The fourth-order valence-corrected chi connectivity index (χ4v) is 3.15. The number of nitrogens with one attached hydrogen (secondary N) is 1. The smallest absolute Gasteiger partial charge is 0.292 e. The fourth-order valence-electron chi connectivity index (χ4n) is 2.77. The zero-order valence-corrected chi connectivity index (χ0v) is 15.0. The SMILES string of the molecule is O=C(Nc1ccc(N2CCOCC2)cn1)c1cc2cc(Br)ccc2o1. The molecule has 1 N–H and O–H groups in total. The molecule has 0 bridgehead atoms. The predicted molar refractivity (Wildman–Crippen MR) is 99.1 cm³/mol. The van der Waals surface area contributed by atoms with Crippen molar-refractivity contribution in [3.63, 3.8) is 0 Å². The number of rotatable bonds is 3. The van der Waals surface area contributed by atoms with E-state index < -0.39 is 0 Å². The van der Waals surface area contributed by atoms with Crippen molar-refractivity contribution in [3.05, 3.63) is 52.8 Å². The first-order valence-electron chi connectivity index (χ1n) is 7.98. The Balaban J connectivity index is 1.47. The van der Waals surface area contributed by atoms with E-state index in [2.05, 4.69) is 31.1 Å². The summed E-state index contributed by atoms with van der Waals surface area (Å²) in [7, 11) is 0. The van der Waals surface area contributed by atoms with E-state index in [9.17, 15) is 4.79 Å². The van der Waals surface area contributed by atoms with E-state index >= 15 is 0 Å². The van der Waals surface area contributed by atoms with Crippen LogP contribution < -0.4 is 10.2 Å². The number of anilines is 2. The van der Waals surface area contributed by atoms with Crippen LogP contribution in [0, 0.1) is 0 Å². The van der Waals surface area contributed by atoms with Gasteiger partial charge in [0.05, 0.1) is 25.1 Å². The molecule has 1 saturated heterocycles. The molecule has 7 heteroatoms. The third-order valence-electron chi connectivity index (χ3n) is 4.07. The number of fused-ring (bicyclic) bond motifs is 1. The Labute approximate surface area is 152 Å². The van der Waals surface area contributed by atoms with Crippen molar-refractivity contribution in [3.8, 4) is 0 Å². The highest BCUT2D eigenvalue weighted by Crippen LogP contribution is 2.24. The second kappa shape index (κ2) is 6.85. The molecule has 6 nitrogen and oxygen atoms in total. The van der Waals surface area contributed by atoms with Crippen LogP contribution >= 0.6 is 15.9 Å². The molecule has 128 valence electrons. The number of carbonyl (C=O) groups is 1. The fraction of sp³-hybridized carbons (Fsp3) is 0.222. The number of halogens is 1. The van der Waals surface area contributed by atoms with Gasteiger partial charge in [0.15, 0.2) is 5.76 Å². The van der Waals surface area contributed by atoms with Crippen molar-refractivity contribution in [1.29, 1.82) is 0 Å². The molecule has 3 heterocycles. The Morgan fingerprint density at radius 1 is 1.16 bits per heavy atom. The average molecular weight is 402 g/mol. The standard InChI is InChI=1S/C18H16BrN3O3/c19-13-1-3-15-12(9-13)10-16(25-15)18(23)21-17-4-2-14(11-20-17)22-5-7-24-8-6-22/h1-4,9-11H,5-8H2,(H,20,21,23). The van der Waals surface area contributed by atoms with E-state index in [4.69, 9.17) is 9.15 Å². The Morgan fingerprint density at radius 3 is 2.76 bits per heavy atom. The monoisotopic (exact) mass is 401 g/mol. The molecular formula is C18H16BrN3O3. The second-order valence-corrected chi connectivity index (χ2v) is 6.66. The van der Waals surface area contributed by atoms with Gasteiger partial charge in [0.2, 0.25) is 0 Å². The molecule has 1 fully saturated rings. The van der Waals surface area contributed by atoms with Gasteiger partial charge in [0.1, 0.15) is 11.4 Å². The third-order valence-corrected chi connectivity index (χ3v) is 4.56. The van der Waals surface area contributed by atoms with Crippen LogP contribution in [-0.4, -0.2) is 37.2 Å². The molecule has 3 aromatic rings. The lowest BCUT2D eigenvalue weighted by Gasteiger charge is -2.28. The first-order chi connectivity index (χ1) is 12.2. The molecular weight excluding hydrogens is 386 g/mol. The molecule has 4 rings (SSSR count). The van der Waals surface area contributed by atoms with Gasteiger partial charge in [0.25, 0.3) is 5.91 Å². The molecule has 0 unspecified atom stereocenters. The molecule has 0 spiro atoms. The van der Waals surface area contributed by atoms with Gasteiger partial charge in [-0.2, -0.15) is 0 Å². The van der Waals surface area contributed by atoms with E-state index in [1.54, 1.807) is 18.3 Å². The van der Waals surface area contributed by atoms with Gasteiger partial charge in [-0.15, -0.1) is 0 Å². The van der Waals surface area contributed by atoms with Crippen LogP contribution in [0.15, 0.2) is 51.5 Å². The molecule has 25 heavy (non-hydrogen) atoms. The third kappa shape index (κ3) is 3.52. The molecule has 0 saturated carbocycles. The highest BCUT2D eigenvalue weighted by Gasteiger charge is 2.15. The number of pyridine rings is 1. The normalized spacial score (nSPS) is 14.7. The molecule has 0 atom stereocenters. The molecule has 1 aliphatic heterocycles. The Kier molecular flexibility index (Phi) is 4.42. The van der Waals surface area contributed by atoms with Crippen LogP contribution in [0.3, 0.4) is 0 Å². The number of hydrogen-bond donors (Lipinski definition) is 1. The minimum Gasteiger partial charge on any atom is -0.451 e. The lowest BCUT2D eigenvalue weighted by molar-refractivity contribution is 0.0998. The largest absolute Gasteiger partial charge is 0.451 e. The first kappa shape index (κ1) is 16.1. The van der Waals surface area contributed by atoms with Gasteiger partial charge < -0.3 is 19.4 Å². The molecule has 1 aromatic carbocycles. The van der Waals surface area contributed by atoms with E-state index in [0.29, 0.717) is 11.4 Å². The van der Waals surface area contributed by atoms with Crippen LogP contribution in [0.5, 0.6) is 0 Å².